The first-order chi connectivity index (χ1) is 6.65. The van der Waals surface area contributed by atoms with Gasteiger partial charge >= 0.3 is 5.97 Å². The lowest BCUT2D eigenvalue weighted by Gasteiger charge is -2.34. The monoisotopic (exact) mass is 197 g/mol. The second kappa shape index (κ2) is 5.15. The Balaban J connectivity index is 2.46. The highest BCUT2D eigenvalue weighted by molar-refractivity contribution is 5.72. The van der Waals surface area contributed by atoms with Crippen LogP contribution < -0.4 is 0 Å². The van der Waals surface area contributed by atoms with Crippen molar-refractivity contribution in [1.82, 2.24) is 4.90 Å². The highest BCUT2D eigenvalue weighted by Crippen LogP contribution is 2.21. The van der Waals surface area contributed by atoms with Gasteiger partial charge in [-0.15, -0.1) is 6.58 Å². The van der Waals surface area contributed by atoms with Crippen LogP contribution in [0.4, 0.5) is 0 Å². The Hall–Kier alpha value is -0.830. The molecule has 1 heterocycles. The summed E-state index contributed by atoms with van der Waals surface area (Å²) in [7, 11) is 0. The summed E-state index contributed by atoms with van der Waals surface area (Å²) in [6, 6.07) is -0.345. The van der Waals surface area contributed by atoms with Gasteiger partial charge in [0.25, 0.3) is 0 Å². The fourth-order valence-electron chi connectivity index (χ4n) is 2.03. The summed E-state index contributed by atoms with van der Waals surface area (Å²) in [4.78, 5) is 12.9. The molecule has 1 saturated heterocycles. The molecular formula is C11H19NO2. The molecule has 0 bridgehead atoms. The summed E-state index contributed by atoms with van der Waals surface area (Å²) in [5.74, 6) is -0.118. The number of carboxylic acid groups (broad SMARTS) is 1. The Bertz CT molecular complexity index is 215. The van der Waals surface area contributed by atoms with Crippen LogP contribution >= 0.6 is 0 Å². The Kier molecular flexibility index (Phi) is 4.14. The van der Waals surface area contributed by atoms with Crippen molar-refractivity contribution in [3.63, 3.8) is 0 Å². The van der Waals surface area contributed by atoms with Gasteiger partial charge in [-0.1, -0.05) is 6.08 Å². The SMILES string of the molecule is C=CCC1CCCN(C(C)C(=O)O)C1. The van der Waals surface area contributed by atoms with E-state index in [1.165, 1.54) is 6.42 Å². The van der Waals surface area contributed by atoms with E-state index in [0.29, 0.717) is 5.92 Å². The molecule has 0 spiro atoms. The summed E-state index contributed by atoms with van der Waals surface area (Å²) in [6.07, 6.45) is 5.24. The zero-order chi connectivity index (χ0) is 10.6. The van der Waals surface area contributed by atoms with E-state index in [1.807, 2.05) is 6.08 Å². The number of allylic oxidation sites excluding steroid dienone is 1. The van der Waals surface area contributed by atoms with Gasteiger partial charge in [0.15, 0.2) is 0 Å². The largest absolute Gasteiger partial charge is 0.480 e. The number of carboxylic acids is 1. The molecular weight excluding hydrogens is 178 g/mol. The average Bonchev–Trinajstić information content (AvgIpc) is 2.17. The maximum Gasteiger partial charge on any atom is 0.320 e. The molecule has 14 heavy (non-hydrogen) atoms. The molecule has 1 N–H and O–H groups in total. The first-order valence-corrected chi connectivity index (χ1v) is 5.23. The van der Waals surface area contributed by atoms with E-state index in [2.05, 4.69) is 11.5 Å². The van der Waals surface area contributed by atoms with Gasteiger partial charge in [0.05, 0.1) is 0 Å². The van der Waals surface area contributed by atoms with E-state index in [1.54, 1.807) is 6.92 Å². The van der Waals surface area contributed by atoms with Gasteiger partial charge in [0.2, 0.25) is 0 Å². The molecule has 3 nitrogen and oxygen atoms in total. The van der Waals surface area contributed by atoms with E-state index in [4.69, 9.17) is 5.11 Å². The maximum absolute atomic E-state index is 10.8. The van der Waals surface area contributed by atoms with Gasteiger partial charge in [0, 0.05) is 6.54 Å². The van der Waals surface area contributed by atoms with Crippen LogP contribution in [-0.2, 0) is 4.79 Å². The van der Waals surface area contributed by atoms with Crippen LogP contribution in [0, 0.1) is 5.92 Å². The van der Waals surface area contributed by atoms with Gasteiger partial charge in [-0.2, -0.15) is 0 Å². The van der Waals surface area contributed by atoms with Crippen molar-refractivity contribution >= 4 is 5.97 Å². The van der Waals surface area contributed by atoms with Crippen molar-refractivity contribution in [3.05, 3.63) is 12.7 Å². The molecule has 1 rings (SSSR count). The van der Waals surface area contributed by atoms with E-state index in [-0.39, 0.29) is 6.04 Å². The Morgan fingerprint density at radius 3 is 3.07 bits per heavy atom. The lowest BCUT2D eigenvalue weighted by atomic mass is 9.94. The van der Waals surface area contributed by atoms with E-state index >= 15 is 0 Å². The highest BCUT2D eigenvalue weighted by Gasteiger charge is 2.26. The molecule has 0 radical (unpaired) electrons. The molecule has 80 valence electrons. The predicted octanol–water partition coefficient (Wildman–Crippen LogP) is 1.75. The van der Waals surface area contributed by atoms with Crippen LogP contribution in [-0.4, -0.2) is 35.1 Å². The predicted molar refractivity (Wildman–Crippen MR) is 56.2 cm³/mol. The second-order valence-corrected chi connectivity index (χ2v) is 4.04. The summed E-state index contributed by atoms with van der Waals surface area (Å²) < 4.78 is 0. The molecule has 2 atom stereocenters. The van der Waals surface area contributed by atoms with E-state index in [0.717, 1.165) is 25.9 Å². The van der Waals surface area contributed by atoms with Crippen molar-refractivity contribution in [3.8, 4) is 0 Å². The molecule has 0 amide bonds. The number of rotatable bonds is 4. The van der Waals surface area contributed by atoms with Crippen molar-refractivity contribution in [1.29, 1.82) is 0 Å². The molecule has 1 fully saturated rings. The standard InChI is InChI=1S/C11H19NO2/c1-3-5-10-6-4-7-12(8-10)9(2)11(13)14/h3,9-10H,1,4-8H2,2H3,(H,13,14). The minimum absolute atomic E-state index is 0.345. The smallest absolute Gasteiger partial charge is 0.320 e. The van der Waals surface area contributed by atoms with Crippen LogP contribution in [0.15, 0.2) is 12.7 Å². The Morgan fingerprint density at radius 2 is 2.50 bits per heavy atom. The van der Waals surface area contributed by atoms with Crippen molar-refractivity contribution in [2.45, 2.75) is 32.2 Å². The zero-order valence-electron chi connectivity index (χ0n) is 8.78. The maximum atomic E-state index is 10.8. The summed E-state index contributed by atoms with van der Waals surface area (Å²) in [5, 5.41) is 8.89. The molecule has 0 aromatic carbocycles. The molecule has 1 aliphatic rings. The number of nitrogens with zero attached hydrogens (tertiary/aromatic N) is 1. The zero-order valence-corrected chi connectivity index (χ0v) is 8.78. The Labute approximate surface area is 85.4 Å². The summed E-state index contributed by atoms with van der Waals surface area (Å²) in [5.41, 5.74) is 0. The van der Waals surface area contributed by atoms with Gasteiger partial charge < -0.3 is 5.11 Å². The molecule has 0 saturated carbocycles. The van der Waals surface area contributed by atoms with Gasteiger partial charge in [0.1, 0.15) is 6.04 Å². The quantitative estimate of drug-likeness (QED) is 0.698. The number of hydrogen-bond donors (Lipinski definition) is 1. The minimum atomic E-state index is -0.718. The van der Waals surface area contributed by atoms with Crippen molar-refractivity contribution in [2.75, 3.05) is 13.1 Å². The number of likely N-dealkylation sites (tertiary alicyclic amines) is 1. The molecule has 1 aliphatic heterocycles. The highest BCUT2D eigenvalue weighted by atomic mass is 16.4. The van der Waals surface area contributed by atoms with Crippen LogP contribution in [0.1, 0.15) is 26.2 Å². The van der Waals surface area contributed by atoms with Gasteiger partial charge in [-0.05, 0) is 38.6 Å². The summed E-state index contributed by atoms with van der Waals surface area (Å²) >= 11 is 0. The van der Waals surface area contributed by atoms with Crippen molar-refractivity contribution in [2.24, 2.45) is 5.92 Å². The number of piperidine rings is 1. The van der Waals surface area contributed by atoms with Crippen LogP contribution in [0.3, 0.4) is 0 Å². The lowest BCUT2D eigenvalue weighted by molar-refractivity contribution is -0.143. The van der Waals surface area contributed by atoms with Crippen LogP contribution in [0.5, 0.6) is 0 Å². The third-order valence-corrected chi connectivity index (χ3v) is 2.96. The van der Waals surface area contributed by atoms with Crippen molar-refractivity contribution < 1.29 is 9.90 Å². The number of carbonyl (C=O) groups is 1. The third kappa shape index (κ3) is 2.84. The summed E-state index contributed by atoms with van der Waals surface area (Å²) in [6.45, 7) is 7.31. The topological polar surface area (TPSA) is 40.5 Å². The molecule has 3 heteroatoms. The fourth-order valence-corrected chi connectivity index (χ4v) is 2.03. The van der Waals surface area contributed by atoms with E-state index in [9.17, 15) is 4.79 Å². The number of aliphatic carboxylic acids is 1. The average molecular weight is 197 g/mol. The molecule has 0 aliphatic carbocycles. The minimum Gasteiger partial charge on any atom is -0.480 e. The lowest BCUT2D eigenvalue weighted by Crippen LogP contribution is -2.44. The molecule has 0 aromatic rings. The van der Waals surface area contributed by atoms with Gasteiger partial charge in [-0.25, -0.2) is 0 Å². The Morgan fingerprint density at radius 1 is 1.79 bits per heavy atom. The second-order valence-electron chi connectivity index (χ2n) is 4.04. The fraction of sp³-hybridized carbons (Fsp3) is 0.727. The third-order valence-electron chi connectivity index (χ3n) is 2.96. The van der Waals surface area contributed by atoms with E-state index < -0.39 is 5.97 Å². The normalized spacial score (nSPS) is 25.6. The van der Waals surface area contributed by atoms with Gasteiger partial charge in [-0.3, -0.25) is 9.69 Å². The first kappa shape index (κ1) is 11.2. The number of hydrogen-bond acceptors (Lipinski definition) is 2. The van der Waals surface area contributed by atoms with Crippen LogP contribution in [0.25, 0.3) is 0 Å². The van der Waals surface area contributed by atoms with Crippen LogP contribution in [0.2, 0.25) is 0 Å². The first-order valence-electron chi connectivity index (χ1n) is 5.23. The molecule has 0 aromatic heterocycles. The molecule has 2 unspecified atom stereocenters.